The average Bonchev–Trinajstić information content (AvgIpc) is 2.86. The molecular formula is C30H44F2O2. The minimum absolute atomic E-state index is 0.000601. The zero-order valence-corrected chi connectivity index (χ0v) is 21.2. The molecule has 3 aliphatic carbocycles. The van der Waals surface area contributed by atoms with Crippen molar-refractivity contribution in [2.24, 2.45) is 35.5 Å². The Labute approximate surface area is 205 Å². The fourth-order valence-corrected chi connectivity index (χ4v) is 6.84. The van der Waals surface area contributed by atoms with Gasteiger partial charge in [-0.15, -0.1) is 0 Å². The largest absolute Gasteiger partial charge is 0.491 e. The predicted octanol–water partition coefficient (Wildman–Crippen LogP) is 8.74. The van der Waals surface area contributed by atoms with Crippen LogP contribution in [0.5, 0.6) is 11.5 Å². The number of ether oxygens (including phenoxy) is 2. The Hall–Kier alpha value is -1.58. The molecule has 0 saturated heterocycles. The average molecular weight is 475 g/mol. The van der Waals surface area contributed by atoms with Gasteiger partial charge < -0.3 is 9.47 Å². The predicted molar refractivity (Wildman–Crippen MR) is 134 cm³/mol. The number of benzene rings is 1. The van der Waals surface area contributed by atoms with Crippen LogP contribution in [0.15, 0.2) is 24.3 Å². The molecule has 34 heavy (non-hydrogen) atoms. The molecule has 2 nitrogen and oxygen atoms in total. The van der Waals surface area contributed by atoms with Crippen LogP contribution in [0.2, 0.25) is 0 Å². The molecule has 4 atom stereocenters. The molecule has 0 aliphatic heterocycles. The second-order valence-corrected chi connectivity index (χ2v) is 11.2. The number of allylic oxidation sites excluding steroid dienone is 2. The summed E-state index contributed by atoms with van der Waals surface area (Å²) in [5.41, 5.74) is 0. The lowest BCUT2D eigenvalue weighted by molar-refractivity contribution is 0.0851. The topological polar surface area (TPSA) is 18.5 Å². The zero-order valence-electron chi connectivity index (χ0n) is 21.2. The first-order chi connectivity index (χ1) is 16.6. The molecule has 3 fully saturated rings. The normalized spacial score (nSPS) is 31.9. The van der Waals surface area contributed by atoms with Crippen molar-refractivity contribution >= 4 is 0 Å². The minimum atomic E-state index is -0.955. The maximum absolute atomic E-state index is 14.3. The summed E-state index contributed by atoms with van der Waals surface area (Å²) in [7, 11) is 0. The Morgan fingerprint density at radius 1 is 0.735 bits per heavy atom. The molecule has 4 unspecified atom stereocenters. The monoisotopic (exact) mass is 474 g/mol. The highest BCUT2D eigenvalue weighted by Crippen LogP contribution is 2.45. The van der Waals surface area contributed by atoms with E-state index in [0.717, 1.165) is 42.4 Å². The van der Waals surface area contributed by atoms with Gasteiger partial charge in [0.05, 0.1) is 13.2 Å². The highest BCUT2D eigenvalue weighted by Gasteiger charge is 2.35. The standard InChI is InChI=1S/C30H44F2O2/c1-3-5-21-6-8-22(9-7-21)10-11-23-12-14-26-19-24(13-15-25(26)18-23)20-34-28-17-16-27(33-4-2)29(31)30(28)32/h10-11,16-17,21-26H,3-9,12-15,18-20H2,1-2H3. The van der Waals surface area contributed by atoms with Crippen LogP contribution in [0, 0.1) is 47.1 Å². The van der Waals surface area contributed by atoms with E-state index in [9.17, 15) is 8.78 Å². The summed E-state index contributed by atoms with van der Waals surface area (Å²) in [6.07, 6.45) is 21.0. The second kappa shape index (κ2) is 12.4. The number of fused-ring (bicyclic) bond motifs is 1. The van der Waals surface area contributed by atoms with Crippen LogP contribution < -0.4 is 9.47 Å². The first kappa shape index (κ1) is 25.5. The molecule has 0 amide bonds. The van der Waals surface area contributed by atoms with E-state index in [1.54, 1.807) is 6.92 Å². The Balaban J connectivity index is 1.20. The quantitative estimate of drug-likeness (QED) is 0.333. The van der Waals surface area contributed by atoms with E-state index in [2.05, 4.69) is 19.1 Å². The lowest BCUT2D eigenvalue weighted by Crippen LogP contribution is -2.32. The van der Waals surface area contributed by atoms with E-state index in [-0.39, 0.29) is 11.5 Å². The van der Waals surface area contributed by atoms with Crippen molar-refractivity contribution in [2.45, 2.75) is 90.9 Å². The molecule has 0 heterocycles. The second-order valence-electron chi connectivity index (χ2n) is 11.2. The van der Waals surface area contributed by atoms with Crippen LogP contribution in [0.1, 0.15) is 90.9 Å². The van der Waals surface area contributed by atoms with Crippen LogP contribution in [0.3, 0.4) is 0 Å². The number of halogens is 2. The summed E-state index contributed by atoms with van der Waals surface area (Å²) in [4.78, 5) is 0. The Morgan fingerprint density at radius 3 is 2.03 bits per heavy atom. The Kier molecular flexibility index (Phi) is 9.31. The van der Waals surface area contributed by atoms with Crippen molar-refractivity contribution in [1.29, 1.82) is 0 Å². The van der Waals surface area contributed by atoms with Crippen LogP contribution in [-0.4, -0.2) is 13.2 Å². The van der Waals surface area contributed by atoms with Crippen LogP contribution in [0.4, 0.5) is 8.78 Å². The maximum Gasteiger partial charge on any atom is 0.204 e. The molecule has 1 aromatic carbocycles. The molecule has 190 valence electrons. The summed E-state index contributed by atoms with van der Waals surface area (Å²) < 4.78 is 39.3. The molecule has 0 radical (unpaired) electrons. The van der Waals surface area contributed by atoms with Gasteiger partial charge in [0.15, 0.2) is 11.5 Å². The molecule has 0 bridgehead atoms. The third kappa shape index (κ3) is 6.55. The van der Waals surface area contributed by atoms with Crippen molar-refractivity contribution in [3.05, 3.63) is 35.9 Å². The van der Waals surface area contributed by atoms with Gasteiger partial charge in [-0.2, -0.15) is 8.78 Å². The number of hydrogen-bond donors (Lipinski definition) is 0. The molecule has 0 spiro atoms. The zero-order chi connectivity index (χ0) is 23.9. The van der Waals surface area contributed by atoms with Gasteiger partial charge in [0, 0.05) is 0 Å². The maximum atomic E-state index is 14.3. The lowest BCUT2D eigenvalue weighted by Gasteiger charge is -2.41. The van der Waals surface area contributed by atoms with Crippen LogP contribution in [-0.2, 0) is 0 Å². The van der Waals surface area contributed by atoms with E-state index in [0.29, 0.717) is 19.1 Å². The summed E-state index contributed by atoms with van der Waals surface area (Å²) in [6.45, 7) is 4.84. The van der Waals surface area contributed by atoms with Gasteiger partial charge in [0.2, 0.25) is 11.6 Å². The van der Waals surface area contributed by atoms with Crippen molar-refractivity contribution in [3.63, 3.8) is 0 Å². The minimum Gasteiger partial charge on any atom is -0.491 e. The van der Waals surface area contributed by atoms with E-state index >= 15 is 0 Å². The molecule has 1 aromatic rings. The third-order valence-electron chi connectivity index (χ3n) is 8.79. The van der Waals surface area contributed by atoms with Gasteiger partial charge in [-0.25, -0.2) is 0 Å². The van der Waals surface area contributed by atoms with Crippen LogP contribution in [0.25, 0.3) is 0 Å². The van der Waals surface area contributed by atoms with Gasteiger partial charge in [-0.1, -0.05) is 31.9 Å². The van der Waals surface area contributed by atoms with Gasteiger partial charge in [-0.05, 0) is 119 Å². The highest BCUT2D eigenvalue weighted by atomic mass is 19.2. The van der Waals surface area contributed by atoms with Crippen molar-refractivity contribution in [3.8, 4) is 11.5 Å². The van der Waals surface area contributed by atoms with Gasteiger partial charge in [0.1, 0.15) is 0 Å². The molecule has 4 heteroatoms. The van der Waals surface area contributed by atoms with Gasteiger partial charge >= 0.3 is 0 Å². The van der Waals surface area contributed by atoms with Crippen molar-refractivity contribution in [1.82, 2.24) is 0 Å². The SMILES string of the molecule is CCCC1CCC(C=CC2CCC3CC(COc4ccc(OCC)c(F)c4F)CCC3C2)CC1. The molecular weight excluding hydrogens is 430 g/mol. The number of rotatable bonds is 9. The van der Waals surface area contributed by atoms with Crippen molar-refractivity contribution in [2.75, 3.05) is 13.2 Å². The first-order valence-corrected chi connectivity index (χ1v) is 14.0. The molecule has 3 saturated carbocycles. The molecule has 0 aromatic heterocycles. The Morgan fingerprint density at radius 2 is 1.32 bits per heavy atom. The third-order valence-corrected chi connectivity index (χ3v) is 8.79. The first-order valence-electron chi connectivity index (χ1n) is 14.0. The summed E-state index contributed by atoms with van der Waals surface area (Å²) in [5.74, 6) is 2.61. The van der Waals surface area contributed by atoms with Crippen molar-refractivity contribution < 1.29 is 18.3 Å². The smallest absolute Gasteiger partial charge is 0.204 e. The van der Waals surface area contributed by atoms with E-state index in [4.69, 9.17) is 9.47 Å². The van der Waals surface area contributed by atoms with E-state index < -0.39 is 11.6 Å². The van der Waals surface area contributed by atoms with Gasteiger partial charge in [-0.3, -0.25) is 0 Å². The molecule has 0 N–H and O–H groups in total. The van der Waals surface area contributed by atoms with Gasteiger partial charge in [0.25, 0.3) is 0 Å². The number of hydrogen-bond acceptors (Lipinski definition) is 2. The van der Waals surface area contributed by atoms with E-state index in [1.807, 2.05) is 0 Å². The fourth-order valence-electron chi connectivity index (χ4n) is 6.84. The summed E-state index contributed by atoms with van der Waals surface area (Å²) >= 11 is 0. The Bertz CT molecular complexity index is 799. The lowest BCUT2D eigenvalue weighted by atomic mass is 9.65. The highest BCUT2D eigenvalue weighted by molar-refractivity contribution is 5.35. The molecule has 3 aliphatic rings. The summed E-state index contributed by atoms with van der Waals surface area (Å²) in [5, 5.41) is 0. The molecule has 4 rings (SSSR count). The van der Waals surface area contributed by atoms with E-state index in [1.165, 1.54) is 76.3 Å². The summed E-state index contributed by atoms with van der Waals surface area (Å²) in [6, 6.07) is 2.95. The fraction of sp³-hybridized carbons (Fsp3) is 0.733. The van der Waals surface area contributed by atoms with Crippen LogP contribution >= 0.6 is 0 Å².